The van der Waals surface area contributed by atoms with Gasteiger partial charge >= 0.3 is 0 Å². The molecule has 0 spiro atoms. The van der Waals surface area contributed by atoms with E-state index in [2.05, 4.69) is 41.4 Å². The van der Waals surface area contributed by atoms with E-state index in [0.717, 1.165) is 26.1 Å². The van der Waals surface area contributed by atoms with E-state index in [1.165, 1.54) is 67.5 Å². The fourth-order valence-corrected chi connectivity index (χ4v) is 6.30. The lowest BCUT2D eigenvalue weighted by Crippen LogP contribution is -2.42. The number of carbonyl (C=O) groups is 2. The summed E-state index contributed by atoms with van der Waals surface area (Å²) in [6.07, 6.45) is 10.8. The van der Waals surface area contributed by atoms with Crippen LogP contribution in [0.2, 0.25) is 0 Å². The minimum atomic E-state index is -0.111. The molecule has 2 aliphatic heterocycles. The third kappa shape index (κ3) is 5.45. The zero-order valence-electron chi connectivity index (χ0n) is 21.1. The molecule has 1 saturated heterocycles. The maximum absolute atomic E-state index is 12.9. The second kappa shape index (κ2) is 10.5. The van der Waals surface area contributed by atoms with Crippen LogP contribution >= 0.6 is 0 Å². The lowest BCUT2D eigenvalue weighted by atomic mass is 9.69. The quantitative estimate of drug-likeness (QED) is 0.485. The van der Waals surface area contributed by atoms with Gasteiger partial charge in [0.2, 0.25) is 0 Å². The van der Waals surface area contributed by atoms with Crippen molar-refractivity contribution in [2.45, 2.75) is 70.8 Å². The van der Waals surface area contributed by atoms with Crippen LogP contribution in [-0.2, 0) is 0 Å². The van der Waals surface area contributed by atoms with E-state index in [9.17, 15) is 9.59 Å². The molecular weight excluding hydrogens is 434 g/mol. The summed E-state index contributed by atoms with van der Waals surface area (Å²) < 4.78 is 0. The Morgan fingerprint density at radius 1 is 0.829 bits per heavy atom. The fourth-order valence-electron chi connectivity index (χ4n) is 6.30. The molecular formula is C30H39N3O2. The lowest BCUT2D eigenvalue weighted by Gasteiger charge is -2.41. The van der Waals surface area contributed by atoms with E-state index in [0.29, 0.717) is 23.7 Å². The number of benzene rings is 2. The maximum Gasteiger partial charge on any atom is 0.261 e. The van der Waals surface area contributed by atoms with Crippen molar-refractivity contribution in [2.24, 2.45) is 5.41 Å². The Morgan fingerprint density at radius 2 is 1.43 bits per heavy atom. The molecule has 186 valence electrons. The van der Waals surface area contributed by atoms with Gasteiger partial charge in [-0.05, 0) is 81.7 Å². The monoisotopic (exact) mass is 473 g/mol. The zero-order chi connectivity index (χ0) is 24.3. The molecule has 5 heteroatoms. The van der Waals surface area contributed by atoms with Gasteiger partial charge < -0.3 is 10.2 Å². The summed E-state index contributed by atoms with van der Waals surface area (Å²) in [7, 11) is 0. The van der Waals surface area contributed by atoms with Crippen LogP contribution in [0.15, 0.2) is 48.5 Å². The second-order valence-electron chi connectivity index (χ2n) is 11.0. The number of nitrogens with one attached hydrogen (secondary N) is 1. The van der Waals surface area contributed by atoms with Gasteiger partial charge in [0, 0.05) is 31.4 Å². The number of amides is 2. The van der Waals surface area contributed by atoms with Crippen LogP contribution in [0.1, 0.15) is 84.1 Å². The number of likely N-dealkylation sites (tertiary alicyclic amines) is 1. The van der Waals surface area contributed by atoms with Gasteiger partial charge in [-0.2, -0.15) is 0 Å². The largest absolute Gasteiger partial charge is 0.382 e. The van der Waals surface area contributed by atoms with Crippen molar-refractivity contribution in [3.63, 3.8) is 0 Å². The summed E-state index contributed by atoms with van der Waals surface area (Å²) in [5.41, 5.74) is 3.91. The number of piperidine rings is 1. The summed E-state index contributed by atoms with van der Waals surface area (Å²) in [5.74, 6) is -0.223. The first-order valence-corrected chi connectivity index (χ1v) is 13.5. The van der Waals surface area contributed by atoms with Crippen LogP contribution < -0.4 is 5.32 Å². The van der Waals surface area contributed by atoms with Gasteiger partial charge in [-0.15, -0.1) is 0 Å². The Hall–Kier alpha value is -2.66. The summed E-state index contributed by atoms with van der Waals surface area (Å²) in [5, 5.41) is 3.71. The number of rotatable bonds is 8. The first kappa shape index (κ1) is 24.1. The summed E-state index contributed by atoms with van der Waals surface area (Å²) in [6.45, 7) is 6.07. The van der Waals surface area contributed by atoms with Crippen molar-refractivity contribution in [1.82, 2.24) is 9.80 Å². The van der Waals surface area contributed by atoms with Crippen LogP contribution in [0.3, 0.4) is 0 Å². The van der Waals surface area contributed by atoms with E-state index in [1.807, 2.05) is 12.1 Å². The molecule has 2 aromatic carbocycles. The predicted octanol–water partition coefficient (Wildman–Crippen LogP) is 5.90. The molecule has 0 aromatic heterocycles. The molecule has 2 aromatic rings. The third-order valence-corrected chi connectivity index (χ3v) is 8.63. The zero-order valence-corrected chi connectivity index (χ0v) is 21.1. The van der Waals surface area contributed by atoms with E-state index in [-0.39, 0.29) is 17.2 Å². The average molecular weight is 474 g/mol. The molecule has 0 radical (unpaired) electrons. The van der Waals surface area contributed by atoms with Crippen LogP contribution in [-0.4, -0.2) is 53.8 Å². The second-order valence-corrected chi connectivity index (χ2v) is 11.0. The third-order valence-electron chi connectivity index (χ3n) is 8.63. The van der Waals surface area contributed by atoms with Gasteiger partial charge in [0.25, 0.3) is 11.8 Å². The smallest absolute Gasteiger partial charge is 0.261 e. The number of hydrogen-bond donors (Lipinski definition) is 1. The highest BCUT2D eigenvalue weighted by atomic mass is 16.2. The van der Waals surface area contributed by atoms with Gasteiger partial charge in [0.05, 0.1) is 11.1 Å². The van der Waals surface area contributed by atoms with Gasteiger partial charge in [-0.25, -0.2) is 0 Å². The Labute approximate surface area is 209 Å². The first-order valence-electron chi connectivity index (χ1n) is 13.5. The van der Waals surface area contributed by atoms with E-state index >= 15 is 0 Å². The van der Waals surface area contributed by atoms with Crippen LogP contribution in [0.4, 0.5) is 5.69 Å². The number of fused-ring (bicyclic) bond motifs is 1. The molecule has 3 aliphatic rings. The minimum Gasteiger partial charge on any atom is -0.382 e. The number of imide groups is 1. The topological polar surface area (TPSA) is 52.6 Å². The summed E-state index contributed by atoms with van der Waals surface area (Å²) in [6, 6.07) is 16.5. The first-order chi connectivity index (χ1) is 17.0. The minimum absolute atomic E-state index is 0.111. The van der Waals surface area contributed by atoms with Crippen molar-refractivity contribution < 1.29 is 9.59 Å². The van der Waals surface area contributed by atoms with Crippen molar-refractivity contribution in [3.8, 4) is 0 Å². The number of nitrogens with zero attached hydrogens (tertiary/aromatic N) is 2. The molecule has 0 bridgehead atoms. The van der Waals surface area contributed by atoms with Gasteiger partial charge in [0.15, 0.2) is 0 Å². The molecule has 2 amide bonds. The molecule has 0 atom stereocenters. The molecule has 5 nitrogen and oxygen atoms in total. The molecule has 1 aliphatic carbocycles. The van der Waals surface area contributed by atoms with Gasteiger partial charge in [-0.1, -0.05) is 49.1 Å². The van der Waals surface area contributed by atoms with E-state index < -0.39 is 0 Å². The maximum atomic E-state index is 12.9. The summed E-state index contributed by atoms with van der Waals surface area (Å²) >= 11 is 0. The number of carbonyl (C=O) groups excluding carboxylic acids is 2. The highest BCUT2D eigenvalue weighted by molar-refractivity contribution is 6.21. The number of aryl methyl sites for hydroxylation is 1. The Balaban J connectivity index is 1.13. The molecule has 1 saturated carbocycles. The molecule has 0 unspecified atom stereocenters. The van der Waals surface area contributed by atoms with Crippen LogP contribution in [0, 0.1) is 12.3 Å². The average Bonchev–Trinajstić information content (AvgIpc) is 3.14. The van der Waals surface area contributed by atoms with Crippen molar-refractivity contribution in [2.75, 3.05) is 31.5 Å². The van der Waals surface area contributed by atoms with Crippen LogP contribution in [0.25, 0.3) is 0 Å². The van der Waals surface area contributed by atoms with Gasteiger partial charge in [-0.3, -0.25) is 14.5 Å². The normalized spacial score (nSPS) is 20.8. The SMILES string of the molecule is Cc1ccc(NC2CCN(CCC3(CCN4C(=O)c5ccccc5C4=O)CCCCC3)CC2)cc1. The lowest BCUT2D eigenvalue weighted by molar-refractivity contribution is 0.0588. The molecule has 5 rings (SSSR count). The number of anilines is 1. The Morgan fingerprint density at radius 3 is 2.06 bits per heavy atom. The highest BCUT2D eigenvalue weighted by Crippen LogP contribution is 2.43. The predicted molar refractivity (Wildman–Crippen MR) is 141 cm³/mol. The summed E-state index contributed by atoms with van der Waals surface area (Å²) in [4.78, 5) is 29.9. The highest BCUT2D eigenvalue weighted by Gasteiger charge is 2.38. The van der Waals surface area contributed by atoms with Crippen LogP contribution in [0.5, 0.6) is 0 Å². The Kier molecular flexibility index (Phi) is 7.24. The number of hydrogen-bond acceptors (Lipinski definition) is 4. The molecule has 2 fully saturated rings. The fraction of sp³-hybridized carbons (Fsp3) is 0.533. The Bertz CT molecular complexity index is 999. The van der Waals surface area contributed by atoms with E-state index in [1.54, 1.807) is 12.1 Å². The van der Waals surface area contributed by atoms with Crippen molar-refractivity contribution in [1.29, 1.82) is 0 Å². The van der Waals surface area contributed by atoms with Crippen molar-refractivity contribution in [3.05, 3.63) is 65.2 Å². The molecule has 2 heterocycles. The molecule has 35 heavy (non-hydrogen) atoms. The standard InChI is InChI=1S/C30H39N3O2/c1-23-9-11-24(12-10-23)31-25-13-19-32(20-14-25)21-17-30(15-5-2-6-16-30)18-22-33-28(34)26-7-3-4-8-27(26)29(33)35/h3-4,7-12,25,31H,2,5-6,13-22H2,1H3. The van der Waals surface area contributed by atoms with E-state index in [4.69, 9.17) is 0 Å². The molecule has 1 N–H and O–H groups in total. The van der Waals surface area contributed by atoms with Crippen molar-refractivity contribution >= 4 is 17.5 Å². The van der Waals surface area contributed by atoms with Gasteiger partial charge in [0.1, 0.15) is 0 Å².